The number of benzene rings is 2. The second-order valence-electron chi connectivity index (χ2n) is 9.03. The normalized spacial score (nSPS) is 12.1. The summed E-state index contributed by atoms with van der Waals surface area (Å²) in [5.74, 6) is 0.863. The van der Waals surface area contributed by atoms with Crippen molar-refractivity contribution in [1.29, 1.82) is 0 Å². The maximum Gasteiger partial charge on any atom is 0.192 e. The van der Waals surface area contributed by atoms with Crippen LogP contribution in [0.4, 0.5) is 0 Å². The average Bonchev–Trinajstić information content (AvgIpc) is 2.58. The van der Waals surface area contributed by atoms with Crippen molar-refractivity contribution in [2.45, 2.75) is 59.7 Å². The summed E-state index contributed by atoms with van der Waals surface area (Å²) in [6.07, 6.45) is 0.920. The lowest BCUT2D eigenvalue weighted by Crippen LogP contribution is -2.41. The molecule has 0 unspecified atom stereocenters. The van der Waals surface area contributed by atoms with E-state index in [9.17, 15) is 4.79 Å². The van der Waals surface area contributed by atoms with E-state index in [4.69, 9.17) is 9.16 Å². The van der Waals surface area contributed by atoms with Crippen LogP contribution < -0.4 is 4.74 Å². The summed E-state index contributed by atoms with van der Waals surface area (Å²) in [6.45, 7) is 18.6. The molecule has 0 N–H and O–H groups in total. The van der Waals surface area contributed by atoms with Gasteiger partial charge in [0, 0.05) is 5.56 Å². The van der Waals surface area contributed by atoms with Gasteiger partial charge in [-0.1, -0.05) is 39.0 Å². The van der Waals surface area contributed by atoms with Crippen LogP contribution in [0.2, 0.25) is 18.1 Å². The van der Waals surface area contributed by atoms with E-state index >= 15 is 0 Å². The SMILES string of the molecule is Cc1cc(OCCO[Si](C)(C)C(C)(C)C)cc(C)c1-c1cccc(C=O)c1C. The predicted molar refractivity (Wildman–Crippen MR) is 120 cm³/mol. The van der Waals surface area contributed by atoms with Gasteiger partial charge < -0.3 is 9.16 Å². The highest BCUT2D eigenvalue weighted by molar-refractivity contribution is 6.74. The highest BCUT2D eigenvalue weighted by atomic mass is 28.4. The minimum atomic E-state index is -1.74. The molecule has 0 aliphatic carbocycles. The molecule has 2 rings (SSSR count). The zero-order valence-corrected chi connectivity index (χ0v) is 19.6. The van der Waals surface area contributed by atoms with E-state index in [1.165, 1.54) is 5.56 Å². The third-order valence-electron chi connectivity index (χ3n) is 5.90. The molecule has 0 spiro atoms. The first-order valence-corrected chi connectivity index (χ1v) is 12.8. The molecule has 0 bridgehead atoms. The lowest BCUT2D eigenvalue weighted by molar-refractivity contribution is 0.112. The van der Waals surface area contributed by atoms with Gasteiger partial charge in [-0.05, 0) is 78.9 Å². The van der Waals surface area contributed by atoms with Crippen LogP contribution in [0.15, 0.2) is 30.3 Å². The van der Waals surface area contributed by atoms with Crippen molar-refractivity contribution in [1.82, 2.24) is 0 Å². The predicted octanol–water partition coefficient (Wildman–Crippen LogP) is 6.49. The summed E-state index contributed by atoms with van der Waals surface area (Å²) >= 11 is 0. The van der Waals surface area contributed by atoms with Gasteiger partial charge in [-0.25, -0.2) is 0 Å². The van der Waals surface area contributed by atoms with Crippen molar-refractivity contribution in [3.05, 3.63) is 52.6 Å². The average molecular weight is 399 g/mol. The number of hydrogen-bond acceptors (Lipinski definition) is 3. The molecule has 0 fully saturated rings. The molecule has 0 radical (unpaired) electrons. The van der Waals surface area contributed by atoms with Crippen LogP contribution in [-0.4, -0.2) is 27.8 Å². The molecule has 0 amide bonds. The molecule has 152 valence electrons. The van der Waals surface area contributed by atoms with E-state index in [1.807, 2.05) is 19.1 Å². The second-order valence-corrected chi connectivity index (χ2v) is 13.8. The largest absolute Gasteiger partial charge is 0.491 e. The maximum atomic E-state index is 11.3. The van der Waals surface area contributed by atoms with Gasteiger partial charge in [-0.15, -0.1) is 0 Å². The summed E-state index contributed by atoms with van der Waals surface area (Å²) in [7, 11) is -1.74. The summed E-state index contributed by atoms with van der Waals surface area (Å²) < 4.78 is 12.2. The molecule has 4 heteroatoms. The fourth-order valence-electron chi connectivity index (χ4n) is 3.16. The highest BCUT2D eigenvalue weighted by Gasteiger charge is 2.36. The molecule has 0 saturated heterocycles. The first-order chi connectivity index (χ1) is 13.0. The van der Waals surface area contributed by atoms with Crippen LogP contribution in [-0.2, 0) is 4.43 Å². The van der Waals surface area contributed by atoms with Gasteiger partial charge in [-0.2, -0.15) is 0 Å². The van der Waals surface area contributed by atoms with Gasteiger partial charge in [0.05, 0.1) is 6.61 Å². The fourth-order valence-corrected chi connectivity index (χ4v) is 4.18. The minimum absolute atomic E-state index is 0.204. The Bertz CT molecular complexity index is 824. The van der Waals surface area contributed by atoms with Gasteiger partial charge in [0.2, 0.25) is 0 Å². The third kappa shape index (κ3) is 4.92. The summed E-state index contributed by atoms with van der Waals surface area (Å²) in [6, 6.07) is 10.0. The monoisotopic (exact) mass is 398 g/mol. The second kappa shape index (κ2) is 8.62. The summed E-state index contributed by atoms with van der Waals surface area (Å²) in [5, 5.41) is 0.204. The first kappa shape index (κ1) is 22.4. The molecular formula is C24H34O3Si. The van der Waals surface area contributed by atoms with E-state index < -0.39 is 8.32 Å². The Morgan fingerprint density at radius 1 is 1.00 bits per heavy atom. The van der Waals surface area contributed by atoms with Crippen molar-refractivity contribution in [3.63, 3.8) is 0 Å². The van der Waals surface area contributed by atoms with E-state index in [2.05, 4.69) is 65.9 Å². The minimum Gasteiger partial charge on any atom is -0.491 e. The smallest absolute Gasteiger partial charge is 0.192 e. The molecule has 0 aliphatic heterocycles. The van der Waals surface area contributed by atoms with E-state index in [-0.39, 0.29) is 5.04 Å². The van der Waals surface area contributed by atoms with E-state index in [0.29, 0.717) is 13.2 Å². The zero-order chi connectivity index (χ0) is 21.1. The molecular weight excluding hydrogens is 364 g/mol. The van der Waals surface area contributed by atoms with Crippen LogP contribution >= 0.6 is 0 Å². The molecule has 2 aromatic rings. The highest BCUT2D eigenvalue weighted by Crippen LogP contribution is 2.37. The van der Waals surface area contributed by atoms with Gasteiger partial charge >= 0.3 is 0 Å². The van der Waals surface area contributed by atoms with Gasteiger partial charge in [0.1, 0.15) is 18.6 Å². The lowest BCUT2D eigenvalue weighted by Gasteiger charge is -2.36. The zero-order valence-electron chi connectivity index (χ0n) is 18.6. The van der Waals surface area contributed by atoms with Crippen molar-refractivity contribution >= 4 is 14.6 Å². The third-order valence-corrected chi connectivity index (χ3v) is 10.4. The Hall–Kier alpha value is -1.91. The van der Waals surface area contributed by atoms with Crippen LogP contribution in [0.1, 0.15) is 47.8 Å². The van der Waals surface area contributed by atoms with Crippen molar-refractivity contribution in [2.24, 2.45) is 0 Å². The maximum absolute atomic E-state index is 11.3. The first-order valence-electron chi connectivity index (χ1n) is 9.91. The Morgan fingerprint density at radius 2 is 1.61 bits per heavy atom. The number of carbonyl (C=O) groups excluding carboxylic acids is 1. The Morgan fingerprint density at radius 3 is 2.14 bits per heavy atom. The number of carbonyl (C=O) groups is 1. The topological polar surface area (TPSA) is 35.5 Å². The van der Waals surface area contributed by atoms with E-state index in [0.717, 1.165) is 39.9 Å². The van der Waals surface area contributed by atoms with Crippen LogP contribution in [0.3, 0.4) is 0 Å². The Labute approximate surface area is 171 Å². The molecule has 0 heterocycles. The Kier molecular flexibility index (Phi) is 6.89. The van der Waals surface area contributed by atoms with Crippen molar-refractivity contribution < 1.29 is 14.0 Å². The van der Waals surface area contributed by atoms with Crippen molar-refractivity contribution in [2.75, 3.05) is 13.2 Å². The number of aryl methyl sites for hydroxylation is 2. The van der Waals surface area contributed by atoms with E-state index in [1.54, 1.807) is 0 Å². The molecule has 0 atom stereocenters. The molecule has 28 heavy (non-hydrogen) atoms. The van der Waals surface area contributed by atoms with Crippen LogP contribution in [0.25, 0.3) is 11.1 Å². The number of aldehydes is 1. The van der Waals surface area contributed by atoms with Crippen molar-refractivity contribution in [3.8, 4) is 16.9 Å². The number of rotatable bonds is 7. The quantitative estimate of drug-likeness (QED) is 0.304. The van der Waals surface area contributed by atoms with Crippen LogP contribution in [0, 0.1) is 20.8 Å². The van der Waals surface area contributed by atoms with Gasteiger partial charge in [-0.3, -0.25) is 4.79 Å². The molecule has 0 aromatic heterocycles. The molecule has 0 saturated carbocycles. The number of hydrogen-bond donors (Lipinski definition) is 0. The molecule has 2 aromatic carbocycles. The number of ether oxygens (including phenoxy) is 1. The summed E-state index contributed by atoms with van der Waals surface area (Å²) in [4.78, 5) is 11.3. The van der Waals surface area contributed by atoms with Gasteiger partial charge in [0.25, 0.3) is 0 Å². The fraction of sp³-hybridized carbons (Fsp3) is 0.458. The molecule has 0 aliphatic rings. The van der Waals surface area contributed by atoms with Gasteiger partial charge in [0.15, 0.2) is 8.32 Å². The lowest BCUT2D eigenvalue weighted by atomic mass is 9.90. The standard InChI is InChI=1S/C24H34O3Si/c1-17-14-21(26-12-13-27-28(7,8)24(4,5)6)15-18(2)23(17)22-11-9-10-20(16-25)19(22)3/h9-11,14-16H,12-13H2,1-8H3. The Balaban J connectivity index is 2.14. The van der Waals surface area contributed by atoms with Crippen LogP contribution in [0.5, 0.6) is 5.75 Å². The molecule has 3 nitrogen and oxygen atoms in total. The summed E-state index contributed by atoms with van der Waals surface area (Å²) in [5.41, 5.74) is 6.32.